The SMILES string of the molecule is Cc1[nH]nc(C(=O)N2CC[C@@H](C(N)=O)C2)c1Br. The van der Waals surface area contributed by atoms with Crippen LogP contribution in [0, 0.1) is 12.8 Å². The molecule has 0 spiro atoms. The minimum absolute atomic E-state index is 0.176. The lowest BCUT2D eigenvalue weighted by molar-refractivity contribution is -0.121. The van der Waals surface area contributed by atoms with E-state index in [0.29, 0.717) is 29.7 Å². The average Bonchev–Trinajstić information content (AvgIpc) is 2.87. The van der Waals surface area contributed by atoms with Crippen molar-refractivity contribution < 1.29 is 9.59 Å². The molecule has 1 aliphatic rings. The standard InChI is InChI=1S/C10H13BrN4O2/c1-5-7(11)8(14-13-5)10(17)15-3-2-6(4-15)9(12)16/h6H,2-4H2,1H3,(H2,12,16)(H,13,14)/t6-/m1/s1. The summed E-state index contributed by atoms with van der Waals surface area (Å²) < 4.78 is 0.671. The maximum absolute atomic E-state index is 12.1. The molecule has 1 aliphatic heterocycles. The van der Waals surface area contributed by atoms with Crippen LogP contribution in [-0.4, -0.2) is 40.0 Å². The molecule has 1 fully saturated rings. The second kappa shape index (κ2) is 4.48. The fourth-order valence-electron chi connectivity index (χ4n) is 1.88. The van der Waals surface area contributed by atoms with Crippen molar-refractivity contribution in [3.63, 3.8) is 0 Å². The van der Waals surface area contributed by atoms with Crippen molar-refractivity contribution in [2.24, 2.45) is 11.7 Å². The number of rotatable bonds is 2. The third-order valence-corrected chi connectivity index (χ3v) is 3.92. The van der Waals surface area contributed by atoms with E-state index >= 15 is 0 Å². The number of aromatic amines is 1. The molecule has 3 N–H and O–H groups in total. The van der Waals surface area contributed by atoms with Crippen molar-refractivity contribution in [2.75, 3.05) is 13.1 Å². The smallest absolute Gasteiger partial charge is 0.275 e. The van der Waals surface area contributed by atoms with Gasteiger partial charge >= 0.3 is 0 Å². The van der Waals surface area contributed by atoms with E-state index in [0.717, 1.165) is 5.69 Å². The van der Waals surface area contributed by atoms with E-state index < -0.39 is 0 Å². The number of likely N-dealkylation sites (tertiary alicyclic amines) is 1. The van der Waals surface area contributed by atoms with Gasteiger partial charge in [0.05, 0.1) is 10.4 Å². The molecule has 0 aromatic carbocycles. The van der Waals surface area contributed by atoms with Crippen LogP contribution in [0.15, 0.2) is 4.47 Å². The topological polar surface area (TPSA) is 92.1 Å². The third kappa shape index (κ3) is 2.19. The van der Waals surface area contributed by atoms with Gasteiger partial charge in [-0.05, 0) is 29.3 Å². The second-order valence-electron chi connectivity index (χ2n) is 4.15. The van der Waals surface area contributed by atoms with Gasteiger partial charge in [0.2, 0.25) is 5.91 Å². The highest BCUT2D eigenvalue weighted by atomic mass is 79.9. The Kier molecular flexibility index (Phi) is 3.19. The Hall–Kier alpha value is -1.37. The lowest BCUT2D eigenvalue weighted by Gasteiger charge is -2.14. The summed E-state index contributed by atoms with van der Waals surface area (Å²) in [5.74, 6) is -0.764. The average molecular weight is 301 g/mol. The molecule has 6 nitrogen and oxygen atoms in total. The van der Waals surface area contributed by atoms with Gasteiger partial charge in [-0.15, -0.1) is 0 Å². The lowest BCUT2D eigenvalue weighted by Crippen LogP contribution is -2.32. The Morgan fingerprint density at radius 3 is 2.76 bits per heavy atom. The highest BCUT2D eigenvalue weighted by molar-refractivity contribution is 9.10. The van der Waals surface area contributed by atoms with E-state index in [1.807, 2.05) is 6.92 Å². The molecule has 0 unspecified atom stereocenters. The number of H-pyrrole nitrogens is 1. The lowest BCUT2D eigenvalue weighted by atomic mass is 10.1. The highest BCUT2D eigenvalue weighted by Gasteiger charge is 2.32. The minimum atomic E-state index is -0.349. The Bertz CT molecular complexity index is 471. The van der Waals surface area contributed by atoms with E-state index in [9.17, 15) is 9.59 Å². The molecule has 7 heteroatoms. The summed E-state index contributed by atoms with van der Waals surface area (Å²) in [5, 5.41) is 6.69. The number of nitrogens with zero attached hydrogens (tertiary/aromatic N) is 2. The zero-order valence-corrected chi connectivity index (χ0v) is 11.0. The Balaban J connectivity index is 2.12. The monoisotopic (exact) mass is 300 g/mol. The Morgan fingerprint density at radius 1 is 1.59 bits per heavy atom. The van der Waals surface area contributed by atoms with Gasteiger partial charge in [0.15, 0.2) is 5.69 Å². The number of aryl methyl sites for hydroxylation is 1. The van der Waals surface area contributed by atoms with Gasteiger partial charge in [0.1, 0.15) is 0 Å². The van der Waals surface area contributed by atoms with Crippen LogP contribution >= 0.6 is 15.9 Å². The van der Waals surface area contributed by atoms with Gasteiger partial charge in [-0.1, -0.05) is 0 Å². The fourth-order valence-corrected chi connectivity index (χ4v) is 2.23. The summed E-state index contributed by atoms with van der Waals surface area (Å²) in [4.78, 5) is 24.7. The summed E-state index contributed by atoms with van der Waals surface area (Å²) in [7, 11) is 0. The van der Waals surface area contributed by atoms with Crippen LogP contribution in [0.2, 0.25) is 0 Å². The third-order valence-electron chi connectivity index (χ3n) is 2.95. The molecule has 2 heterocycles. The molecule has 17 heavy (non-hydrogen) atoms. The number of carbonyl (C=O) groups excluding carboxylic acids is 2. The largest absolute Gasteiger partial charge is 0.369 e. The first-order valence-corrected chi connectivity index (χ1v) is 6.09. The van der Waals surface area contributed by atoms with Crippen molar-refractivity contribution >= 4 is 27.7 Å². The highest BCUT2D eigenvalue weighted by Crippen LogP contribution is 2.23. The number of aromatic nitrogens is 2. The maximum atomic E-state index is 12.1. The normalized spacial score (nSPS) is 19.6. The molecule has 2 rings (SSSR count). The quantitative estimate of drug-likeness (QED) is 0.829. The fraction of sp³-hybridized carbons (Fsp3) is 0.500. The Labute approximate surface area is 107 Å². The van der Waals surface area contributed by atoms with E-state index in [4.69, 9.17) is 5.73 Å². The second-order valence-corrected chi connectivity index (χ2v) is 4.94. The first kappa shape index (κ1) is 12.1. The summed E-state index contributed by atoms with van der Waals surface area (Å²) in [6.07, 6.45) is 0.627. The molecule has 2 amide bonds. The molecule has 1 atom stereocenters. The summed E-state index contributed by atoms with van der Waals surface area (Å²) in [6.45, 7) is 2.75. The van der Waals surface area contributed by atoms with Gasteiger partial charge in [-0.2, -0.15) is 5.10 Å². The van der Waals surface area contributed by atoms with Crippen molar-refractivity contribution in [1.82, 2.24) is 15.1 Å². The van der Waals surface area contributed by atoms with Crippen LogP contribution in [0.1, 0.15) is 22.6 Å². The van der Waals surface area contributed by atoms with Crippen LogP contribution in [-0.2, 0) is 4.79 Å². The zero-order valence-electron chi connectivity index (χ0n) is 9.36. The van der Waals surface area contributed by atoms with E-state index in [1.54, 1.807) is 4.90 Å². The summed E-state index contributed by atoms with van der Waals surface area (Å²) in [6, 6.07) is 0. The zero-order chi connectivity index (χ0) is 12.6. The number of nitrogens with one attached hydrogen (secondary N) is 1. The van der Waals surface area contributed by atoms with Crippen molar-refractivity contribution in [2.45, 2.75) is 13.3 Å². The van der Waals surface area contributed by atoms with Crippen LogP contribution in [0.5, 0.6) is 0 Å². The van der Waals surface area contributed by atoms with Crippen LogP contribution in [0.4, 0.5) is 0 Å². The van der Waals surface area contributed by atoms with E-state index in [-0.39, 0.29) is 17.7 Å². The molecule has 0 bridgehead atoms. The number of primary amides is 1. The number of amides is 2. The molecule has 1 saturated heterocycles. The van der Waals surface area contributed by atoms with Crippen molar-refractivity contribution in [3.05, 3.63) is 15.9 Å². The van der Waals surface area contributed by atoms with Crippen LogP contribution < -0.4 is 5.73 Å². The minimum Gasteiger partial charge on any atom is -0.369 e. The van der Waals surface area contributed by atoms with E-state index in [2.05, 4.69) is 26.1 Å². The molecular formula is C10H13BrN4O2. The summed E-state index contributed by atoms with van der Waals surface area (Å²) >= 11 is 3.31. The van der Waals surface area contributed by atoms with Crippen molar-refractivity contribution in [3.8, 4) is 0 Å². The van der Waals surface area contributed by atoms with E-state index in [1.165, 1.54) is 0 Å². The van der Waals surface area contributed by atoms with Crippen LogP contribution in [0.25, 0.3) is 0 Å². The molecular weight excluding hydrogens is 288 g/mol. The van der Waals surface area contributed by atoms with Gasteiger partial charge in [-0.25, -0.2) is 0 Å². The molecule has 0 aliphatic carbocycles. The molecule has 0 radical (unpaired) electrons. The molecule has 1 aromatic heterocycles. The summed E-state index contributed by atoms with van der Waals surface area (Å²) in [5.41, 5.74) is 6.38. The predicted molar refractivity (Wildman–Crippen MR) is 64.2 cm³/mol. The van der Waals surface area contributed by atoms with Crippen LogP contribution in [0.3, 0.4) is 0 Å². The molecule has 92 valence electrons. The molecule has 1 aromatic rings. The Morgan fingerprint density at radius 2 is 2.29 bits per heavy atom. The molecule has 0 saturated carbocycles. The van der Waals surface area contributed by atoms with Gasteiger partial charge in [-0.3, -0.25) is 14.7 Å². The number of hydrogen-bond acceptors (Lipinski definition) is 3. The predicted octanol–water partition coefficient (Wildman–Crippen LogP) is 0.428. The first-order chi connectivity index (χ1) is 8.00. The number of hydrogen-bond donors (Lipinski definition) is 2. The maximum Gasteiger partial charge on any atom is 0.275 e. The van der Waals surface area contributed by atoms with Gasteiger partial charge in [0, 0.05) is 18.8 Å². The number of halogens is 1. The number of carbonyl (C=O) groups is 2. The van der Waals surface area contributed by atoms with Gasteiger partial charge < -0.3 is 10.6 Å². The number of nitrogens with two attached hydrogens (primary N) is 1. The first-order valence-electron chi connectivity index (χ1n) is 5.29. The van der Waals surface area contributed by atoms with Crippen molar-refractivity contribution in [1.29, 1.82) is 0 Å². The van der Waals surface area contributed by atoms with Gasteiger partial charge in [0.25, 0.3) is 5.91 Å².